The first kappa shape index (κ1) is 12.5. The molecule has 18 heavy (non-hydrogen) atoms. The Balaban J connectivity index is 2.46. The van der Waals surface area contributed by atoms with E-state index >= 15 is 0 Å². The molecule has 0 saturated carbocycles. The summed E-state index contributed by atoms with van der Waals surface area (Å²) in [5, 5.41) is 0. The molecule has 0 amide bonds. The van der Waals surface area contributed by atoms with E-state index in [0.717, 1.165) is 5.69 Å². The highest BCUT2D eigenvalue weighted by Crippen LogP contribution is 2.26. The number of nitrogens with two attached hydrogens (primary N) is 1. The van der Waals surface area contributed by atoms with Gasteiger partial charge in [0.2, 0.25) is 0 Å². The molecule has 0 aliphatic rings. The Labute approximate surface area is 103 Å². The molecule has 1 aromatic carbocycles. The Morgan fingerprint density at radius 3 is 2.72 bits per heavy atom. The average molecular weight is 253 g/mol. The van der Waals surface area contributed by atoms with Crippen LogP contribution in [-0.2, 0) is 0 Å². The molecule has 96 valence electrons. The molecule has 0 aliphatic carbocycles. The maximum absolute atomic E-state index is 12.3. The van der Waals surface area contributed by atoms with Gasteiger partial charge >= 0.3 is 6.61 Å². The first-order valence-electron chi connectivity index (χ1n) is 5.41. The fraction of sp³-hybridized carbons (Fsp3) is 0.250. The van der Waals surface area contributed by atoms with E-state index in [9.17, 15) is 8.78 Å². The summed E-state index contributed by atoms with van der Waals surface area (Å²) in [4.78, 5) is 3.98. The van der Waals surface area contributed by atoms with E-state index < -0.39 is 6.61 Å². The van der Waals surface area contributed by atoms with Crippen LogP contribution in [0, 0.1) is 0 Å². The Bertz CT molecular complexity index is 526. The molecule has 1 atom stereocenters. The van der Waals surface area contributed by atoms with Crippen LogP contribution < -0.4 is 10.5 Å². The zero-order valence-electron chi connectivity index (χ0n) is 9.75. The van der Waals surface area contributed by atoms with E-state index in [2.05, 4.69) is 9.72 Å². The number of aromatic nitrogens is 2. The second kappa shape index (κ2) is 5.14. The van der Waals surface area contributed by atoms with Crippen LogP contribution >= 0.6 is 0 Å². The third-order valence-corrected chi connectivity index (χ3v) is 2.47. The fourth-order valence-corrected chi connectivity index (χ4v) is 1.70. The number of alkyl halides is 2. The van der Waals surface area contributed by atoms with Gasteiger partial charge in [0.05, 0.1) is 23.9 Å². The molecular formula is C12H13F2N3O. The highest BCUT2D eigenvalue weighted by Gasteiger charge is 2.14. The number of ether oxygens (including phenoxy) is 1. The van der Waals surface area contributed by atoms with Gasteiger partial charge in [-0.15, -0.1) is 0 Å². The Hall–Kier alpha value is -1.95. The lowest BCUT2D eigenvalue weighted by Gasteiger charge is -2.14. The second-order valence-electron chi connectivity index (χ2n) is 3.82. The summed E-state index contributed by atoms with van der Waals surface area (Å²) in [6.07, 6.45) is 3.12. The number of nitrogens with zero attached hydrogens (tertiary/aromatic N) is 2. The Morgan fingerprint density at radius 2 is 2.06 bits per heavy atom. The zero-order chi connectivity index (χ0) is 13.1. The molecule has 4 nitrogen and oxygen atoms in total. The van der Waals surface area contributed by atoms with Crippen LogP contribution in [0.15, 0.2) is 36.8 Å². The molecule has 0 saturated heterocycles. The van der Waals surface area contributed by atoms with Crippen molar-refractivity contribution >= 4 is 0 Å². The SMILES string of the molecule is CC(N)c1cncn1-c1ccccc1OC(F)F. The lowest BCUT2D eigenvalue weighted by molar-refractivity contribution is -0.0498. The van der Waals surface area contributed by atoms with Crippen LogP contribution in [0.3, 0.4) is 0 Å². The average Bonchev–Trinajstić information content (AvgIpc) is 2.77. The minimum absolute atomic E-state index is 0.0902. The topological polar surface area (TPSA) is 53.1 Å². The monoisotopic (exact) mass is 253 g/mol. The van der Waals surface area contributed by atoms with Gasteiger partial charge < -0.3 is 10.5 Å². The first-order valence-corrected chi connectivity index (χ1v) is 5.41. The van der Waals surface area contributed by atoms with Gasteiger partial charge in [-0.3, -0.25) is 4.57 Å². The van der Waals surface area contributed by atoms with Crippen LogP contribution in [0.4, 0.5) is 8.78 Å². The van der Waals surface area contributed by atoms with Gasteiger partial charge in [0.15, 0.2) is 0 Å². The van der Waals surface area contributed by atoms with Crippen molar-refractivity contribution in [2.75, 3.05) is 0 Å². The Morgan fingerprint density at radius 1 is 1.33 bits per heavy atom. The molecule has 1 aromatic heterocycles. The summed E-state index contributed by atoms with van der Waals surface area (Å²) in [6, 6.07) is 6.26. The van der Waals surface area contributed by atoms with Crippen LogP contribution in [0.5, 0.6) is 5.75 Å². The van der Waals surface area contributed by atoms with Crippen molar-refractivity contribution in [1.82, 2.24) is 9.55 Å². The summed E-state index contributed by atoms with van der Waals surface area (Å²) in [5.41, 5.74) is 7.01. The molecule has 0 radical (unpaired) electrons. The summed E-state index contributed by atoms with van der Waals surface area (Å²) in [7, 11) is 0. The molecule has 0 fully saturated rings. The summed E-state index contributed by atoms with van der Waals surface area (Å²) < 4.78 is 30.8. The van der Waals surface area contributed by atoms with Gasteiger partial charge in [-0.05, 0) is 19.1 Å². The molecule has 2 N–H and O–H groups in total. The molecule has 2 rings (SSSR count). The van der Waals surface area contributed by atoms with Crippen molar-refractivity contribution in [1.29, 1.82) is 0 Å². The maximum atomic E-state index is 12.3. The van der Waals surface area contributed by atoms with Gasteiger partial charge in [0, 0.05) is 6.04 Å². The molecular weight excluding hydrogens is 240 g/mol. The van der Waals surface area contributed by atoms with Crippen molar-refractivity contribution in [2.45, 2.75) is 19.6 Å². The van der Waals surface area contributed by atoms with E-state index in [1.165, 1.54) is 12.4 Å². The summed E-state index contributed by atoms with van der Waals surface area (Å²) >= 11 is 0. The molecule has 6 heteroatoms. The smallest absolute Gasteiger partial charge is 0.387 e. The molecule has 0 bridgehead atoms. The third kappa shape index (κ3) is 2.48. The lowest BCUT2D eigenvalue weighted by Crippen LogP contribution is -2.12. The van der Waals surface area contributed by atoms with Crippen LogP contribution in [0.25, 0.3) is 5.69 Å². The van der Waals surface area contributed by atoms with Crippen molar-refractivity contribution in [3.8, 4) is 11.4 Å². The first-order chi connectivity index (χ1) is 8.59. The van der Waals surface area contributed by atoms with E-state index in [1.807, 2.05) is 0 Å². The number of imidazole rings is 1. The number of hydrogen-bond acceptors (Lipinski definition) is 3. The van der Waals surface area contributed by atoms with Gasteiger partial charge in [0.1, 0.15) is 5.75 Å². The molecule has 1 heterocycles. The second-order valence-corrected chi connectivity index (χ2v) is 3.82. The van der Waals surface area contributed by atoms with Gasteiger partial charge in [-0.2, -0.15) is 8.78 Å². The van der Waals surface area contributed by atoms with Gasteiger partial charge in [-0.25, -0.2) is 4.98 Å². The van der Waals surface area contributed by atoms with Crippen molar-refractivity contribution < 1.29 is 13.5 Å². The van der Waals surface area contributed by atoms with E-state index in [-0.39, 0.29) is 11.8 Å². The van der Waals surface area contributed by atoms with E-state index in [4.69, 9.17) is 5.73 Å². The third-order valence-electron chi connectivity index (χ3n) is 2.47. The maximum Gasteiger partial charge on any atom is 0.387 e. The van der Waals surface area contributed by atoms with Crippen LogP contribution in [0.2, 0.25) is 0 Å². The molecule has 2 aromatic rings. The number of benzene rings is 1. The number of hydrogen-bond donors (Lipinski definition) is 1. The summed E-state index contributed by atoms with van der Waals surface area (Å²) in [6.45, 7) is -1.07. The largest absolute Gasteiger partial charge is 0.433 e. The van der Waals surface area contributed by atoms with Crippen molar-refractivity contribution in [3.63, 3.8) is 0 Å². The minimum Gasteiger partial charge on any atom is -0.433 e. The predicted octanol–water partition coefficient (Wildman–Crippen LogP) is 2.49. The summed E-state index contributed by atoms with van der Waals surface area (Å²) in [5.74, 6) is 0.0902. The number of para-hydroxylation sites is 2. The van der Waals surface area contributed by atoms with E-state index in [1.54, 1.807) is 35.9 Å². The highest BCUT2D eigenvalue weighted by atomic mass is 19.3. The fourth-order valence-electron chi connectivity index (χ4n) is 1.70. The standard InChI is InChI=1S/C12H13F2N3O/c1-8(15)10-6-16-7-17(10)9-4-2-3-5-11(9)18-12(13)14/h2-8,12H,15H2,1H3. The highest BCUT2D eigenvalue weighted by molar-refractivity contribution is 5.47. The normalized spacial score (nSPS) is 12.7. The van der Waals surface area contributed by atoms with E-state index in [0.29, 0.717) is 5.69 Å². The minimum atomic E-state index is -2.87. The van der Waals surface area contributed by atoms with Crippen LogP contribution in [-0.4, -0.2) is 16.2 Å². The predicted molar refractivity (Wildman–Crippen MR) is 62.8 cm³/mol. The van der Waals surface area contributed by atoms with Crippen LogP contribution in [0.1, 0.15) is 18.7 Å². The van der Waals surface area contributed by atoms with Gasteiger partial charge in [-0.1, -0.05) is 12.1 Å². The van der Waals surface area contributed by atoms with Crippen molar-refractivity contribution in [2.24, 2.45) is 5.73 Å². The van der Waals surface area contributed by atoms with Gasteiger partial charge in [0.25, 0.3) is 0 Å². The number of rotatable bonds is 4. The zero-order valence-corrected chi connectivity index (χ0v) is 9.75. The van der Waals surface area contributed by atoms with Crippen molar-refractivity contribution in [3.05, 3.63) is 42.5 Å². The number of halogens is 2. The molecule has 1 unspecified atom stereocenters. The quantitative estimate of drug-likeness (QED) is 0.910. The molecule has 0 aliphatic heterocycles. The lowest BCUT2D eigenvalue weighted by atomic mass is 10.2. The Kier molecular flexibility index (Phi) is 3.57. The molecule has 0 spiro atoms.